The topological polar surface area (TPSA) is 50.2 Å². The number of nitrogens with zero attached hydrogens (tertiary/aromatic N) is 3. The lowest BCUT2D eigenvalue weighted by Crippen LogP contribution is -2.44. The van der Waals surface area contributed by atoms with Crippen molar-refractivity contribution in [2.75, 3.05) is 13.1 Å². The van der Waals surface area contributed by atoms with Gasteiger partial charge in [0.25, 0.3) is 0 Å². The van der Waals surface area contributed by atoms with E-state index in [4.69, 9.17) is 0 Å². The summed E-state index contributed by atoms with van der Waals surface area (Å²) >= 11 is 3.57. The van der Waals surface area contributed by atoms with E-state index in [9.17, 15) is 4.79 Å². The number of likely N-dealkylation sites (N-methyl/N-ethyl adjacent to an activating group) is 1. The third-order valence-electron chi connectivity index (χ3n) is 3.47. The normalized spacial score (nSPS) is 12.5. The van der Waals surface area contributed by atoms with Gasteiger partial charge in [-0.3, -0.25) is 9.48 Å². The Kier molecular flexibility index (Phi) is 6.68. The number of aryl methyl sites for hydroxylation is 2. The molecule has 0 fully saturated rings. The minimum atomic E-state index is -0.192. The Bertz CT molecular complexity index is 454. The van der Waals surface area contributed by atoms with Gasteiger partial charge in [0, 0.05) is 26.2 Å². The lowest BCUT2D eigenvalue weighted by molar-refractivity contribution is -0.132. The molecule has 0 aliphatic carbocycles. The number of rotatable bonds is 7. The van der Waals surface area contributed by atoms with E-state index in [2.05, 4.69) is 33.3 Å². The van der Waals surface area contributed by atoms with Crippen LogP contribution < -0.4 is 5.32 Å². The largest absolute Gasteiger partial charge is 0.342 e. The minimum absolute atomic E-state index is 0.144. The van der Waals surface area contributed by atoms with Gasteiger partial charge >= 0.3 is 0 Å². The van der Waals surface area contributed by atoms with Gasteiger partial charge in [0.1, 0.15) is 0 Å². The van der Waals surface area contributed by atoms with Crippen molar-refractivity contribution < 1.29 is 4.79 Å². The third kappa shape index (κ3) is 3.82. The number of halogens is 1. The molecule has 1 N–H and O–H groups in total. The van der Waals surface area contributed by atoms with Gasteiger partial charge in [-0.2, -0.15) is 5.10 Å². The Labute approximate surface area is 129 Å². The fraction of sp³-hybridized carbons (Fsp3) is 0.714. The van der Waals surface area contributed by atoms with Crippen LogP contribution in [-0.4, -0.2) is 39.7 Å². The van der Waals surface area contributed by atoms with Crippen LogP contribution in [0.5, 0.6) is 0 Å². The molecule has 0 radical (unpaired) electrons. The number of hydrogen-bond acceptors (Lipinski definition) is 3. The van der Waals surface area contributed by atoms with Crippen LogP contribution in [0.3, 0.4) is 0 Å². The highest BCUT2D eigenvalue weighted by molar-refractivity contribution is 9.10. The van der Waals surface area contributed by atoms with Crippen LogP contribution in [0.2, 0.25) is 0 Å². The second kappa shape index (κ2) is 7.78. The molecule has 0 bridgehead atoms. The Hall–Kier alpha value is -0.880. The minimum Gasteiger partial charge on any atom is -0.342 e. The molecule has 0 saturated carbocycles. The first kappa shape index (κ1) is 17.2. The molecule has 1 amide bonds. The van der Waals surface area contributed by atoms with E-state index in [1.165, 1.54) is 0 Å². The molecule has 0 aliphatic heterocycles. The number of aromatic nitrogens is 2. The van der Waals surface area contributed by atoms with Gasteiger partial charge in [-0.1, -0.05) is 0 Å². The predicted molar refractivity (Wildman–Crippen MR) is 84.6 cm³/mol. The maximum absolute atomic E-state index is 12.2. The highest BCUT2D eigenvalue weighted by atomic mass is 79.9. The second-order valence-corrected chi connectivity index (χ2v) is 5.57. The van der Waals surface area contributed by atoms with Crippen molar-refractivity contribution in [1.29, 1.82) is 0 Å². The smallest absolute Gasteiger partial charge is 0.239 e. The van der Waals surface area contributed by atoms with Gasteiger partial charge < -0.3 is 10.2 Å². The number of amides is 1. The lowest BCUT2D eigenvalue weighted by Gasteiger charge is -2.23. The van der Waals surface area contributed by atoms with E-state index in [1.807, 2.05) is 37.3 Å². The molecule has 1 unspecified atom stereocenters. The second-order valence-electron chi connectivity index (χ2n) is 4.77. The van der Waals surface area contributed by atoms with E-state index in [1.54, 1.807) is 0 Å². The Balaban J connectivity index is 2.70. The summed E-state index contributed by atoms with van der Waals surface area (Å²) in [5.41, 5.74) is 2.07. The molecule has 0 aliphatic rings. The number of carbonyl (C=O) groups is 1. The van der Waals surface area contributed by atoms with Gasteiger partial charge in [-0.15, -0.1) is 0 Å². The zero-order valence-corrected chi connectivity index (χ0v) is 14.6. The van der Waals surface area contributed by atoms with Gasteiger partial charge in [0.15, 0.2) is 0 Å². The summed E-state index contributed by atoms with van der Waals surface area (Å²) in [5.74, 6) is 0.144. The summed E-state index contributed by atoms with van der Waals surface area (Å²) in [6.07, 6.45) is 0. The highest BCUT2D eigenvalue weighted by Gasteiger charge is 2.19. The lowest BCUT2D eigenvalue weighted by atomic mass is 10.2. The van der Waals surface area contributed by atoms with Crippen LogP contribution in [0, 0.1) is 6.92 Å². The fourth-order valence-electron chi connectivity index (χ4n) is 2.18. The zero-order chi connectivity index (χ0) is 15.3. The third-order valence-corrected chi connectivity index (χ3v) is 4.51. The first-order valence-electron chi connectivity index (χ1n) is 7.20. The summed E-state index contributed by atoms with van der Waals surface area (Å²) < 4.78 is 2.98. The first-order chi connectivity index (χ1) is 9.46. The van der Waals surface area contributed by atoms with Crippen molar-refractivity contribution in [2.45, 2.75) is 53.8 Å². The van der Waals surface area contributed by atoms with Crippen LogP contribution in [0.4, 0.5) is 0 Å². The van der Waals surface area contributed by atoms with Crippen LogP contribution in [0.1, 0.15) is 39.1 Å². The van der Waals surface area contributed by atoms with Crippen molar-refractivity contribution in [3.63, 3.8) is 0 Å². The molecule has 20 heavy (non-hydrogen) atoms. The average Bonchev–Trinajstić information content (AvgIpc) is 2.72. The number of carbonyl (C=O) groups excluding carboxylic acids is 1. The van der Waals surface area contributed by atoms with Gasteiger partial charge in [0.2, 0.25) is 5.91 Å². The van der Waals surface area contributed by atoms with Crippen LogP contribution in [-0.2, 0) is 17.9 Å². The predicted octanol–water partition coefficient (Wildman–Crippen LogP) is 2.32. The Morgan fingerprint density at radius 1 is 1.40 bits per heavy atom. The molecule has 0 aromatic carbocycles. The summed E-state index contributed by atoms with van der Waals surface area (Å²) in [5, 5.41) is 7.75. The molecular formula is C14H25BrN4O. The summed E-state index contributed by atoms with van der Waals surface area (Å²) in [7, 11) is 0. The number of nitrogens with one attached hydrogen (secondary N) is 1. The SMILES string of the molecule is CCN(CC)C(=O)C(C)NCc1c(Br)c(C)nn1CC. The van der Waals surface area contributed by atoms with E-state index in [0.29, 0.717) is 6.54 Å². The molecule has 1 heterocycles. The molecule has 114 valence electrons. The van der Waals surface area contributed by atoms with Crippen LogP contribution >= 0.6 is 15.9 Å². The van der Waals surface area contributed by atoms with Crippen LogP contribution in [0.15, 0.2) is 4.47 Å². The van der Waals surface area contributed by atoms with Gasteiger partial charge in [-0.05, 0) is 50.5 Å². The Morgan fingerprint density at radius 2 is 2.00 bits per heavy atom. The van der Waals surface area contributed by atoms with Crippen molar-refractivity contribution in [3.05, 3.63) is 15.9 Å². The molecule has 0 spiro atoms. The van der Waals surface area contributed by atoms with E-state index >= 15 is 0 Å². The molecule has 6 heteroatoms. The quantitative estimate of drug-likeness (QED) is 0.825. The van der Waals surface area contributed by atoms with Gasteiger partial charge in [-0.25, -0.2) is 0 Å². The standard InChI is InChI=1S/C14H25BrN4O/c1-6-18(7-2)14(20)11(5)16-9-12-13(15)10(4)17-19(12)8-3/h11,16H,6-9H2,1-5H3. The molecule has 1 atom stereocenters. The maximum atomic E-state index is 12.2. The molecule has 0 saturated heterocycles. The fourth-order valence-corrected chi connectivity index (χ4v) is 2.61. The zero-order valence-electron chi connectivity index (χ0n) is 13.0. The van der Waals surface area contributed by atoms with Crippen molar-refractivity contribution in [1.82, 2.24) is 20.0 Å². The summed E-state index contributed by atoms with van der Waals surface area (Å²) in [6.45, 7) is 12.9. The summed E-state index contributed by atoms with van der Waals surface area (Å²) in [6, 6.07) is -0.192. The van der Waals surface area contributed by atoms with Gasteiger partial charge in [0.05, 0.1) is 21.9 Å². The van der Waals surface area contributed by atoms with Crippen LogP contribution in [0.25, 0.3) is 0 Å². The summed E-state index contributed by atoms with van der Waals surface area (Å²) in [4.78, 5) is 14.0. The van der Waals surface area contributed by atoms with E-state index < -0.39 is 0 Å². The Morgan fingerprint density at radius 3 is 2.50 bits per heavy atom. The average molecular weight is 345 g/mol. The first-order valence-corrected chi connectivity index (χ1v) is 7.99. The van der Waals surface area contributed by atoms with E-state index in [0.717, 1.165) is 35.5 Å². The molecule has 1 aromatic heterocycles. The highest BCUT2D eigenvalue weighted by Crippen LogP contribution is 2.20. The van der Waals surface area contributed by atoms with E-state index in [-0.39, 0.29) is 11.9 Å². The molecule has 1 rings (SSSR count). The number of hydrogen-bond donors (Lipinski definition) is 1. The molecular weight excluding hydrogens is 320 g/mol. The van der Waals surface area contributed by atoms with Crippen molar-refractivity contribution in [3.8, 4) is 0 Å². The molecule has 1 aromatic rings. The van der Waals surface area contributed by atoms with Crippen molar-refractivity contribution in [2.24, 2.45) is 0 Å². The monoisotopic (exact) mass is 344 g/mol. The molecule has 5 nitrogen and oxygen atoms in total. The van der Waals surface area contributed by atoms with Crippen molar-refractivity contribution >= 4 is 21.8 Å². The maximum Gasteiger partial charge on any atom is 0.239 e.